The maximum atomic E-state index is 12.8. The number of carboxylic acid groups (broad SMARTS) is 1. The van der Waals surface area contributed by atoms with Crippen LogP contribution in [0.1, 0.15) is 24.9 Å². The number of benzene rings is 2. The van der Waals surface area contributed by atoms with Crippen LogP contribution in [0.25, 0.3) is 0 Å². The molecule has 11 heteroatoms. The molecular formula is C24H26N4O7. The number of nitro groups is 1. The van der Waals surface area contributed by atoms with E-state index in [-0.39, 0.29) is 42.6 Å². The number of carbonyl (C=O) groups is 3. The van der Waals surface area contributed by atoms with Gasteiger partial charge in [0.25, 0.3) is 11.6 Å². The van der Waals surface area contributed by atoms with Gasteiger partial charge in [0.2, 0.25) is 0 Å². The monoisotopic (exact) mass is 482 g/mol. The molecule has 1 aliphatic rings. The van der Waals surface area contributed by atoms with E-state index in [9.17, 15) is 29.6 Å². The summed E-state index contributed by atoms with van der Waals surface area (Å²) in [5, 5.41) is 23.6. The summed E-state index contributed by atoms with van der Waals surface area (Å²) in [7, 11) is 1.61. The molecule has 11 nitrogen and oxygen atoms in total. The van der Waals surface area contributed by atoms with Gasteiger partial charge >= 0.3 is 12.0 Å². The third kappa shape index (κ3) is 6.14. The number of nitrogens with zero attached hydrogens (tertiary/aromatic N) is 3. The zero-order valence-electron chi connectivity index (χ0n) is 19.3. The molecule has 0 radical (unpaired) electrons. The van der Waals surface area contributed by atoms with Gasteiger partial charge in [-0.05, 0) is 31.0 Å². The predicted octanol–water partition coefficient (Wildman–Crippen LogP) is 2.95. The number of urea groups is 1. The Labute approximate surface area is 201 Å². The predicted molar refractivity (Wildman–Crippen MR) is 126 cm³/mol. The van der Waals surface area contributed by atoms with Crippen LogP contribution >= 0.6 is 0 Å². The molecule has 0 bridgehead atoms. The lowest BCUT2D eigenvalue weighted by atomic mass is 9.93. The molecule has 2 aromatic carbocycles. The SMILES string of the molecule is CC1=C(C(=O)O)C(c2cccc([N+](=O)[O-])c2)N(CCCN(C)C(=O)COc2ccccc2)C(=O)N1. The van der Waals surface area contributed by atoms with Crippen molar-refractivity contribution in [2.45, 2.75) is 19.4 Å². The van der Waals surface area contributed by atoms with E-state index in [1.807, 2.05) is 6.07 Å². The highest BCUT2D eigenvalue weighted by Crippen LogP contribution is 2.35. The summed E-state index contributed by atoms with van der Waals surface area (Å²) in [6.45, 7) is 1.72. The van der Waals surface area contributed by atoms with Crippen LogP contribution in [0, 0.1) is 10.1 Å². The Kier molecular flexibility index (Phi) is 8.03. The number of ether oxygens (including phenoxy) is 1. The fourth-order valence-corrected chi connectivity index (χ4v) is 3.82. The van der Waals surface area contributed by atoms with Gasteiger partial charge in [-0.15, -0.1) is 0 Å². The maximum absolute atomic E-state index is 12.8. The molecule has 35 heavy (non-hydrogen) atoms. The number of hydrogen-bond acceptors (Lipinski definition) is 6. The van der Waals surface area contributed by atoms with Crippen molar-refractivity contribution in [3.8, 4) is 5.75 Å². The molecule has 1 heterocycles. The largest absolute Gasteiger partial charge is 0.484 e. The first kappa shape index (κ1) is 25.2. The molecule has 2 N–H and O–H groups in total. The molecule has 3 amide bonds. The third-order valence-corrected chi connectivity index (χ3v) is 5.60. The van der Waals surface area contributed by atoms with Gasteiger partial charge in [0.05, 0.1) is 16.5 Å². The number of aliphatic carboxylic acids is 1. The quantitative estimate of drug-likeness (QED) is 0.392. The summed E-state index contributed by atoms with van der Waals surface area (Å²) in [5.41, 5.74) is 0.192. The lowest BCUT2D eigenvalue weighted by Crippen LogP contribution is -2.49. The topological polar surface area (TPSA) is 142 Å². The van der Waals surface area contributed by atoms with Crippen LogP contribution in [-0.2, 0) is 9.59 Å². The normalized spacial score (nSPS) is 15.4. The Morgan fingerprint density at radius 2 is 1.91 bits per heavy atom. The first-order chi connectivity index (χ1) is 16.7. The minimum atomic E-state index is -1.24. The van der Waals surface area contributed by atoms with Crippen LogP contribution in [0.4, 0.5) is 10.5 Å². The molecule has 3 rings (SSSR count). The van der Waals surface area contributed by atoms with E-state index in [4.69, 9.17) is 4.74 Å². The molecule has 1 unspecified atom stereocenters. The Morgan fingerprint density at radius 3 is 2.57 bits per heavy atom. The fourth-order valence-electron chi connectivity index (χ4n) is 3.82. The van der Waals surface area contributed by atoms with Crippen molar-refractivity contribution in [1.29, 1.82) is 0 Å². The van der Waals surface area contributed by atoms with Crippen LogP contribution in [0.5, 0.6) is 5.75 Å². The molecule has 184 valence electrons. The Balaban J connectivity index is 1.72. The van der Waals surface area contributed by atoms with Crippen molar-refractivity contribution in [2.24, 2.45) is 0 Å². The number of hydrogen-bond donors (Lipinski definition) is 2. The Bertz CT molecular complexity index is 1150. The van der Waals surface area contributed by atoms with Gasteiger partial charge in [-0.1, -0.05) is 30.3 Å². The first-order valence-electron chi connectivity index (χ1n) is 10.9. The number of nitro benzene ring substituents is 1. The summed E-state index contributed by atoms with van der Waals surface area (Å²) < 4.78 is 5.47. The van der Waals surface area contributed by atoms with E-state index in [1.165, 1.54) is 34.9 Å². The lowest BCUT2D eigenvalue weighted by molar-refractivity contribution is -0.384. The second-order valence-corrected chi connectivity index (χ2v) is 7.99. The highest BCUT2D eigenvalue weighted by Gasteiger charge is 2.38. The Hall–Kier alpha value is -4.41. The minimum absolute atomic E-state index is 0.0780. The van der Waals surface area contributed by atoms with Crippen LogP contribution in [0.2, 0.25) is 0 Å². The van der Waals surface area contributed by atoms with Gasteiger partial charge in [-0.25, -0.2) is 9.59 Å². The van der Waals surface area contributed by atoms with Gasteiger partial charge in [0, 0.05) is 38.0 Å². The fraction of sp³-hybridized carbons (Fsp3) is 0.292. The van der Waals surface area contributed by atoms with Crippen molar-refractivity contribution < 1.29 is 29.2 Å². The van der Waals surface area contributed by atoms with Crippen molar-refractivity contribution in [1.82, 2.24) is 15.1 Å². The van der Waals surface area contributed by atoms with Crippen LogP contribution < -0.4 is 10.1 Å². The van der Waals surface area contributed by atoms with Gasteiger partial charge in [-0.2, -0.15) is 0 Å². The van der Waals surface area contributed by atoms with Gasteiger partial charge in [0.1, 0.15) is 5.75 Å². The maximum Gasteiger partial charge on any atom is 0.335 e. The van der Waals surface area contributed by atoms with Crippen LogP contribution in [0.15, 0.2) is 65.9 Å². The van der Waals surface area contributed by atoms with Crippen LogP contribution in [0.3, 0.4) is 0 Å². The number of para-hydroxylation sites is 1. The lowest BCUT2D eigenvalue weighted by Gasteiger charge is -2.37. The van der Waals surface area contributed by atoms with Crippen molar-refractivity contribution in [3.05, 3.63) is 81.5 Å². The summed E-state index contributed by atoms with van der Waals surface area (Å²) in [4.78, 5) is 50.7. The number of nitrogens with one attached hydrogen (secondary N) is 1. The Morgan fingerprint density at radius 1 is 1.20 bits per heavy atom. The van der Waals surface area contributed by atoms with Crippen molar-refractivity contribution in [3.63, 3.8) is 0 Å². The summed E-state index contributed by atoms with van der Waals surface area (Å²) in [6.07, 6.45) is 0.346. The molecule has 0 saturated heterocycles. The number of amides is 3. The molecule has 0 fully saturated rings. The summed E-state index contributed by atoms with van der Waals surface area (Å²) in [6, 6.07) is 12.9. The average Bonchev–Trinajstić information content (AvgIpc) is 2.83. The number of non-ortho nitro benzene ring substituents is 1. The molecule has 0 spiro atoms. The van der Waals surface area contributed by atoms with E-state index in [0.29, 0.717) is 17.7 Å². The molecule has 0 aromatic heterocycles. The summed E-state index contributed by atoms with van der Waals surface area (Å²) >= 11 is 0. The molecule has 0 saturated carbocycles. The van der Waals surface area contributed by atoms with E-state index < -0.39 is 23.0 Å². The van der Waals surface area contributed by atoms with E-state index >= 15 is 0 Å². The van der Waals surface area contributed by atoms with Gasteiger partial charge in [-0.3, -0.25) is 14.9 Å². The molecular weight excluding hydrogens is 456 g/mol. The number of carbonyl (C=O) groups excluding carboxylic acids is 2. The van der Waals surface area contributed by atoms with Crippen LogP contribution in [-0.4, -0.2) is 64.5 Å². The highest BCUT2D eigenvalue weighted by atomic mass is 16.6. The molecule has 2 aromatic rings. The van der Waals surface area contributed by atoms with E-state index in [1.54, 1.807) is 37.4 Å². The number of rotatable bonds is 10. The zero-order chi connectivity index (χ0) is 25.5. The standard InChI is InChI=1S/C24H26N4O7/c1-16-21(23(30)31)22(17-8-6-9-18(14-17)28(33)34)27(24(32)25-16)13-7-12-26(2)20(29)15-35-19-10-4-3-5-11-19/h3-6,8-11,14,22H,7,12-13,15H2,1-2H3,(H,25,32)(H,30,31). The first-order valence-corrected chi connectivity index (χ1v) is 10.9. The van der Waals surface area contributed by atoms with Crippen molar-refractivity contribution >= 4 is 23.6 Å². The second kappa shape index (κ2) is 11.1. The smallest absolute Gasteiger partial charge is 0.335 e. The minimum Gasteiger partial charge on any atom is -0.484 e. The van der Waals surface area contributed by atoms with Gasteiger partial charge in [0.15, 0.2) is 6.61 Å². The number of likely N-dealkylation sites (N-methyl/N-ethyl adjacent to an activating group) is 1. The molecule has 0 aliphatic carbocycles. The van der Waals surface area contributed by atoms with Gasteiger partial charge < -0.3 is 25.0 Å². The molecule has 1 atom stereocenters. The number of carboxylic acids is 1. The third-order valence-electron chi connectivity index (χ3n) is 5.60. The number of allylic oxidation sites excluding steroid dienone is 1. The highest BCUT2D eigenvalue weighted by molar-refractivity contribution is 5.93. The van der Waals surface area contributed by atoms with E-state index in [0.717, 1.165) is 0 Å². The van der Waals surface area contributed by atoms with Crippen molar-refractivity contribution in [2.75, 3.05) is 26.7 Å². The average molecular weight is 482 g/mol. The molecule has 1 aliphatic heterocycles. The zero-order valence-corrected chi connectivity index (χ0v) is 19.3. The van der Waals surface area contributed by atoms with E-state index in [2.05, 4.69) is 5.32 Å². The second-order valence-electron chi connectivity index (χ2n) is 7.99. The summed E-state index contributed by atoms with van der Waals surface area (Å²) in [5.74, 6) is -0.925.